The highest BCUT2D eigenvalue weighted by molar-refractivity contribution is 6.36. The van der Waals surface area contributed by atoms with Gasteiger partial charge in [-0.05, 0) is 56.7 Å². The molecule has 1 saturated carbocycles. The van der Waals surface area contributed by atoms with E-state index in [2.05, 4.69) is 0 Å². The van der Waals surface area contributed by atoms with Gasteiger partial charge in [-0.2, -0.15) is 0 Å². The predicted octanol–water partition coefficient (Wildman–Crippen LogP) is 5.05. The van der Waals surface area contributed by atoms with Gasteiger partial charge in [0, 0.05) is 29.5 Å². The number of rotatable bonds is 5. The molecule has 2 heterocycles. The third kappa shape index (κ3) is 4.00. The van der Waals surface area contributed by atoms with E-state index in [1.807, 2.05) is 15.5 Å². The molecule has 2 aliphatic rings. The topological polar surface area (TPSA) is 68.3 Å². The van der Waals surface area contributed by atoms with Gasteiger partial charge in [0.05, 0.1) is 17.1 Å². The van der Waals surface area contributed by atoms with Crippen molar-refractivity contribution in [2.24, 2.45) is 11.7 Å². The Kier molecular flexibility index (Phi) is 6.42. The fraction of sp³-hybridized carbons (Fsp3) is 0.565. The van der Waals surface area contributed by atoms with Crippen LogP contribution < -0.4 is 5.73 Å². The standard InChI is InChI=1S/C23H29Cl2N3O2/c1-14(29)20-18-12-16(24)9-10-19(18)28(22(20)25)13-17-8-5-11-27(17)23(30)21(26)15-6-3-2-4-7-15/h9-10,12,15,17,21H,2-8,11,13,26H2,1H3/t17-,21-/m0/s1. The number of carbonyl (C=O) groups excluding carboxylic acids is 2. The normalized spacial score (nSPS) is 21.3. The van der Waals surface area contributed by atoms with E-state index in [9.17, 15) is 9.59 Å². The second-order valence-electron chi connectivity index (χ2n) is 8.75. The number of hydrogen-bond donors (Lipinski definition) is 1. The zero-order valence-electron chi connectivity index (χ0n) is 17.4. The van der Waals surface area contributed by atoms with Crippen molar-refractivity contribution >= 4 is 45.8 Å². The average Bonchev–Trinajstić information content (AvgIpc) is 3.30. The lowest BCUT2D eigenvalue weighted by Gasteiger charge is -2.33. The molecule has 2 N–H and O–H groups in total. The zero-order chi connectivity index (χ0) is 21.4. The van der Waals surface area contributed by atoms with Crippen LogP contribution in [0.2, 0.25) is 10.2 Å². The summed E-state index contributed by atoms with van der Waals surface area (Å²) in [5.74, 6) is 0.256. The number of aromatic nitrogens is 1. The van der Waals surface area contributed by atoms with E-state index in [-0.39, 0.29) is 23.7 Å². The van der Waals surface area contributed by atoms with Gasteiger partial charge in [0.1, 0.15) is 5.15 Å². The van der Waals surface area contributed by atoms with Crippen molar-refractivity contribution in [2.45, 2.75) is 70.5 Å². The number of carbonyl (C=O) groups is 2. The summed E-state index contributed by atoms with van der Waals surface area (Å²) < 4.78 is 1.95. The Balaban J connectivity index is 1.60. The molecule has 2 atom stereocenters. The first-order valence-electron chi connectivity index (χ1n) is 10.9. The number of benzene rings is 1. The quantitative estimate of drug-likeness (QED) is 0.649. The van der Waals surface area contributed by atoms with Gasteiger partial charge in [-0.1, -0.05) is 42.5 Å². The largest absolute Gasteiger partial charge is 0.337 e. The smallest absolute Gasteiger partial charge is 0.240 e. The molecule has 1 aliphatic heterocycles. The van der Waals surface area contributed by atoms with Gasteiger partial charge >= 0.3 is 0 Å². The summed E-state index contributed by atoms with van der Waals surface area (Å²) in [6.45, 7) is 2.79. The van der Waals surface area contributed by atoms with Gasteiger partial charge in [-0.15, -0.1) is 0 Å². The van der Waals surface area contributed by atoms with Crippen molar-refractivity contribution in [1.29, 1.82) is 0 Å². The van der Waals surface area contributed by atoms with Crippen molar-refractivity contribution < 1.29 is 9.59 Å². The first kappa shape index (κ1) is 21.7. The molecule has 1 amide bonds. The van der Waals surface area contributed by atoms with Gasteiger partial charge in [-0.3, -0.25) is 9.59 Å². The second-order valence-corrected chi connectivity index (χ2v) is 9.54. The molecule has 0 radical (unpaired) electrons. The lowest BCUT2D eigenvalue weighted by atomic mass is 9.83. The molecule has 30 heavy (non-hydrogen) atoms. The summed E-state index contributed by atoms with van der Waals surface area (Å²) >= 11 is 12.8. The maximum atomic E-state index is 13.2. The molecule has 0 unspecified atom stereocenters. The average molecular weight is 450 g/mol. The predicted molar refractivity (Wildman–Crippen MR) is 121 cm³/mol. The summed E-state index contributed by atoms with van der Waals surface area (Å²) in [5.41, 5.74) is 7.78. The number of amides is 1. The molecule has 162 valence electrons. The van der Waals surface area contributed by atoms with Crippen molar-refractivity contribution in [3.05, 3.63) is 33.9 Å². The Morgan fingerprint density at radius 3 is 2.57 bits per heavy atom. The van der Waals surface area contributed by atoms with Crippen LogP contribution in [0.5, 0.6) is 0 Å². The number of nitrogens with zero attached hydrogens (tertiary/aromatic N) is 2. The zero-order valence-corrected chi connectivity index (χ0v) is 18.9. The van der Waals surface area contributed by atoms with E-state index >= 15 is 0 Å². The minimum absolute atomic E-state index is 0.0238. The van der Waals surface area contributed by atoms with E-state index in [1.165, 1.54) is 13.3 Å². The summed E-state index contributed by atoms with van der Waals surface area (Å²) in [6.07, 6.45) is 7.51. The van der Waals surface area contributed by atoms with Crippen molar-refractivity contribution in [1.82, 2.24) is 9.47 Å². The number of nitrogens with two attached hydrogens (primary N) is 1. The summed E-state index contributed by atoms with van der Waals surface area (Å²) in [4.78, 5) is 27.4. The number of hydrogen-bond acceptors (Lipinski definition) is 3. The Morgan fingerprint density at radius 2 is 1.87 bits per heavy atom. The minimum atomic E-state index is -0.422. The number of halogens is 2. The molecule has 2 aromatic rings. The van der Waals surface area contributed by atoms with Crippen molar-refractivity contribution in [3.8, 4) is 0 Å². The third-order valence-corrected chi connectivity index (χ3v) is 7.44. The van der Waals surface area contributed by atoms with E-state index in [4.69, 9.17) is 28.9 Å². The fourth-order valence-corrected chi connectivity index (χ4v) is 5.79. The van der Waals surface area contributed by atoms with Gasteiger partial charge in [0.25, 0.3) is 0 Å². The number of Topliss-reactive ketones (excluding diaryl/α,β-unsaturated/α-hetero) is 1. The molecular weight excluding hydrogens is 421 g/mol. The lowest BCUT2D eigenvalue weighted by Crippen LogP contribution is -2.50. The molecule has 7 heteroatoms. The first-order valence-corrected chi connectivity index (χ1v) is 11.7. The number of ketones is 1. The van der Waals surface area contributed by atoms with Gasteiger partial charge < -0.3 is 15.2 Å². The molecule has 1 aromatic carbocycles. The first-order chi connectivity index (χ1) is 14.4. The molecule has 1 aliphatic carbocycles. The maximum absolute atomic E-state index is 13.2. The highest BCUT2D eigenvalue weighted by atomic mass is 35.5. The van der Waals surface area contributed by atoms with Gasteiger partial charge in [0.15, 0.2) is 5.78 Å². The van der Waals surface area contributed by atoms with E-state index in [0.29, 0.717) is 22.3 Å². The Morgan fingerprint density at radius 1 is 1.13 bits per heavy atom. The van der Waals surface area contributed by atoms with Crippen LogP contribution in [-0.4, -0.2) is 39.8 Å². The van der Waals surface area contributed by atoms with Crippen molar-refractivity contribution in [2.75, 3.05) is 6.54 Å². The van der Waals surface area contributed by atoms with Gasteiger partial charge in [0.2, 0.25) is 5.91 Å². The van der Waals surface area contributed by atoms with E-state index in [1.54, 1.807) is 12.1 Å². The lowest BCUT2D eigenvalue weighted by molar-refractivity contribution is -0.135. The minimum Gasteiger partial charge on any atom is -0.337 e. The van der Waals surface area contributed by atoms with Gasteiger partial charge in [-0.25, -0.2) is 0 Å². The summed E-state index contributed by atoms with van der Waals surface area (Å²) in [5, 5.41) is 1.74. The second kappa shape index (κ2) is 8.89. The summed E-state index contributed by atoms with van der Waals surface area (Å²) in [6, 6.07) is 5.08. The highest BCUT2D eigenvalue weighted by Gasteiger charge is 2.36. The van der Waals surface area contributed by atoms with Crippen LogP contribution in [0.15, 0.2) is 18.2 Å². The SMILES string of the molecule is CC(=O)c1c(Cl)n(C[C@@H]2CCCN2C(=O)[C@@H](N)C2CCCCC2)c2ccc(Cl)cc12. The van der Waals surface area contributed by atoms with Crippen LogP contribution in [0.25, 0.3) is 10.9 Å². The fourth-order valence-electron chi connectivity index (χ4n) is 5.22. The van der Waals surface area contributed by atoms with Crippen LogP contribution in [-0.2, 0) is 11.3 Å². The third-order valence-electron chi connectivity index (χ3n) is 6.81. The van der Waals surface area contributed by atoms with Crippen molar-refractivity contribution in [3.63, 3.8) is 0 Å². The molecule has 0 spiro atoms. The molecule has 1 aromatic heterocycles. The molecule has 0 bridgehead atoms. The molecule has 5 nitrogen and oxygen atoms in total. The maximum Gasteiger partial charge on any atom is 0.240 e. The van der Waals surface area contributed by atoms with Crippen LogP contribution in [0.3, 0.4) is 0 Å². The van der Waals surface area contributed by atoms with Crippen LogP contribution >= 0.6 is 23.2 Å². The Bertz CT molecular complexity index is 965. The van der Waals surface area contributed by atoms with Crippen LogP contribution in [0.4, 0.5) is 0 Å². The van der Waals surface area contributed by atoms with E-state index in [0.717, 1.165) is 56.0 Å². The monoisotopic (exact) mass is 449 g/mol. The molecular formula is C23H29Cl2N3O2. The number of likely N-dealkylation sites (tertiary alicyclic amines) is 1. The van der Waals surface area contributed by atoms with Crippen LogP contribution in [0.1, 0.15) is 62.2 Å². The summed E-state index contributed by atoms with van der Waals surface area (Å²) in [7, 11) is 0. The Hall–Kier alpha value is -1.56. The highest BCUT2D eigenvalue weighted by Crippen LogP contribution is 2.34. The van der Waals surface area contributed by atoms with E-state index < -0.39 is 6.04 Å². The van der Waals surface area contributed by atoms with Crippen LogP contribution in [0, 0.1) is 5.92 Å². The molecule has 4 rings (SSSR count). The number of fused-ring (bicyclic) bond motifs is 1. The molecule has 2 fully saturated rings. The Labute approximate surface area is 187 Å². The molecule has 1 saturated heterocycles.